The summed E-state index contributed by atoms with van der Waals surface area (Å²) in [5.74, 6) is 0.695. The lowest BCUT2D eigenvalue weighted by Gasteiger charge is -2.16. The van der Waals surface area contributed by atoms with Crippen LogP contribution in [-0.2, 0) is 4.74 Å². The zero-order valence-corrected chi connectivity index (χ0v) is 11.3. The van der Waals surface area contributed by atoms with Crippen LogP contribution in [0.2, 0.25) is 0 Å². The Morgan fingerprint density at radius 2 is 2.00 bits per heavy atom. The van der Waals surface area contributed by atoms with Crippen LogP contribution in [0.1, 0.15) is 6.92 Å². The Kier molecular flexibility index (Phi) is 7.23. The van der Waals surface area contributed by atoms with Crippen LogP contribution in [0, 0.1) is 0 Å². The number of aromatic hydroxyl groups is 1. The molecule has 0 aliphatic rings. The number of phenolic OH excluding ortho intramolecular Hbond substituents is 1. The summed E-state index contributed by atoms with van der Waals surface area (Å²) < 4.78 is 10.4. The Hall–Kier alpha value is -1.99. The number of ether oxygens (including phenoxy) is 2. The second-order valence-electron chi connectivity index (χ2n) is 3.99. The van der Waals surface area contributed by atoms with Crippen molar-refractivity contribution in [3.05, 3.63) is 24.3 Å². The topological polar surface area (TPSA) is 100 Å². The lowest BCUT2D eigenvalue weighted by Crippen LogP contribution is -2.44. The highest BCUT2D eigenvalue weighted by Gasteiger charge is 2.07. The lowest BCUT2D eigenvalue weighted by atomic mass is 10.3. The third-order valence-corrected chi connectivity index (χ3v) is 2.25. The van der Waals surface area contributed by atoms with Gasteiger partial charge in [-0.2, -0.15) is 0 Å². The van der Waals surface area contributed by atoms with Gasteiger partial charge in [0.05, 0.1) is 19.8 Å². The van der Waals surface area contributed by atoms with E-state index in [-0.39, 0.29) is 25.0 Å². The first-order valence-corrected chi connectivity index (χ1v) is 6.30. The van der Waals surface area contributed by atoms with Crippen molar-refractivity contribution in [2.24, 2.45) is 0 Å². The maximum atomic E-state index is 11.5. The summed E-state index contributed by atoms with van der Waals surface area (Å²) >= 11 is 0. The SMILES string of the molecule is CC(NC(=O)NCCOCCO)Oc1ccc(O)cc1. The first-order chi connectivity index (χ1) is 9.61. The zero-order chi connectivity index (χ0) is 14.8. The van der Waals surface area contributed by atoms with Gasteiger partial charge in [0, 0.05) is 6.54 Å². The normalized spacial score (nSPS) is 11.7. The van der Waals surface area contributed by atoms with Crippen LogP contribution in [0.4, 0.5) is 4.79 Å². The van der Waals surface area contributed by atoms with Crippen LogP contribution in [0.15, 0.2) is 24.3 Å². The molecule has 1 rings (SSSR count). The molecule has 1 aromatic carbocycles. The first kappa shape index (κ1) is 16.1. The third-order valence-electron chi connectivity index (χ3n) is 2.25. The van der Waals surface area contributed by atoms with Gasteiger partial charge in [-0.05, 0) is 31.2 Å². The molecule has 1 aromatic rings. The van der Waals surface area contributed by atoms with Gasteiger partial charge in [0.1, 0.15) is 11.5 Å². The molecule has 112 valence electrons. The van der Waals surface area contributed by atoms with Gasteiger partial charge in [-0.3, -0.25) is 0 Å². The molecule has 0 heterocycles. The van der Waals surface area contributed by atoms with Gasteiger partial charge >= 0.3 is 6.03 Å². The van der Waals surface area contributed by atoms with Gasteiger partial charge in [0.2, 0.25) is 0 Å². The molecule has 2 amide bonds. The fraction of sp³-hybridized carbons (Fsp3) is 0.462. The van der Waals surface area contributed by atoms with Crippen molar-refractivity contribution in [1.82, 2.24) is 10.6 Å². The molecular formula is C13H20N2O5. The molecule has 0 radical (unpaired) electrons. The summed E-state index contributed by atoms with van der Waals surface area (Å²) in [7, 11) is 0. The van der Waals surface area contributed by atoms with Crippen molar-refractivity contribution in [3.63, 3.8) is 0 Å². The van der Waals surface area contributed by atoms with Crippen LogP contribution in [0.25, 0.3) is 0 Å². The number of hydrogen-bond donors (Lipinski definition) is 4. The van der Waals surface area contributed by atoms with Crippen molar-refractivity contribution in [3.8, 4) is 11.5 Å². The van der Waals surface area contributed by atoms with E-state index in [9.17, 15) is 4.79 Å². The summed E-state index contributed by atoms with van der Waals surface area (Å²) in [6.45, 7) is 2.58. The van der Waals surface area contributed by atoms with E-state index >= 15 is 0 Å². The maximum Gasteiger partial charge on any atom is 0.317 e. The molecule has 0 aromatic heterocycles. The minimum Gasteiger partial charge on any atom is -0.508 e. The van der Waals surface area contributed by atoms with Gasteiger partial charge in [-0.1, -0.05) is 0 Å². The molecule has 1 unspecified atom stereocenters. The first-order valence-electron chi connectivity index (χ1n) is 6.30. The highest BCUT2D eigenvalue weighted by molar-refractivity contribution is 5.73. The molecule has 1 atom stereocenters. The van der Waals surface area contributed by atoms with E-state index in [1.165, 1.54) is 12.1 Å². The second kappa shape index (κ2) is 9.00. The van der Waals surface area contributed by atoms with Gasteiger partial charge in [0.25, 0.3) is 0 Å². The second-order valence-corrected chi connectivity index (χ2v) is 3.99. The number of benzene rings is 1. The molecule has 0 saturated carbocycles. The number of rotatable bonds is 8. The van der Waals surface area contributed by atoms with Crippen molar-refractivity contribution >= 4 is 6.03 Å². The summed E-state index contributed by atoms with van der Waals surface area (Å²) in [4.78, 5) is 11.5. The number of hydrogen-bond acceptors (Lipinski definition) is 5. The number of carbonyl (C=O) groups excluding carboxylic acids is 1. The summed E-state index contributed by atoms with van der Waals surface area (Å²) in [5, 5.41) is 22.8. The number of aliphatic hydroxyl groups is 1. The Balaban J connectivity index is 2.19. The number of phenols is 1. The number of aliphatic hydroxyl groups excluding tert-OH is 1. The fourth-order valence-electron chi connectivity index (χ4n) is 1.40. The molecule has 0 spiro atoms. The van der Waals surface area contributed by atoms with Crippen LogP contribution in [0.5, 0.6) is 11.5 Å². The summed E-state index contributed by atoms with van der Waals surface area (Å²) in [6.07, 6.45) is -0.516. The number of urea groups is 1. The van der Waals surface area contributed by atoms with Crippen LogP contribution < -0.4 is 15.4 Å². The molecule has 0 fully saturated rings. The molecular weight excluding hydrogens is 264 g/mol. The van der Waals surface area contributed by atoms with E-state index in [1.807, 2.05) is 0 Å². The van der Waals surface area contributed by atoms with Crippen molar-refractivity contribution in [2.45, 2.75) is 13.2 Å². The van der Waals surface area contributed by atoms with Crippen molar-refractivity contribution in [1.29, 1.82) is 0 Å². The van der Waals surface area contributed by atoms with E-state index in [0.717, 1.165) is 0 Å². The molecule has 0 aliphatic heterocycles. The number of amides is 2. The van der Waals surface area contributed by atoms with Gasteiger partial charge < -0.3 is 30.3 Å². The zero-order valence-electron chi connectivity index (χ0n) is 11.3. The van der Waals surface area contributed by atoms with E-state index in [1.54, 1.807) is 19.1 Å². The fourth-order valence-corrected chi connectivity index (χ4v) is 1.40. The van der Waals surface area contributed by atoms with Crippen LogP contribution >= 0.6 is 0 Å². The molecule has 0 saturated heterocycles. The maximum absolute atomic E-state index is 11.5. The molecule has 4 N–H and O–H groups in total. The lowest BCUT2D eigenvalue weighted by molar-refractivity contribution is 0.0942. The predicted molar refractivity (Wildman–Crippen MR) is 72.6 cm³/mol. The van der Waals surface area contributed by atoms with Crippen LogP contribution in [0.3, 0.4) is 0 Å². The standard InChI is InChI=1S/C13H20N2O5/c1-10(20-12-4-2-11(17)3-5-12)15-13(18)14-6-8-19-9-7-16/h2-5,10,16-17H,6-9H2,1H3,(H2,14,15,18). The largest absolute Gasteiger partial charge is 0.508 e. The van der Waals surface area contributed by atoms with Crippen LogP contribution in [-0.4, -0.2) is 48.8 Å². The Labute approximate surface area is 117 Å². The monoisotopic (exact) mass is 284 g/mol. The molecule has 20 heavy (non-hydrogen) atoms. The number of nitrogens with one attached hydrogen (secondary N) is 2. The van der Waals surface area contributed by atoms with Gasteiger partial charge in [0.15, 0.2) is 6.23 Å². The molecule has 0 bridgehead atoms. The molecule has 7 nitrogen and oxygen atoms in total. The Morgan fingerprint density at radius 3 is 2.65 bits per heavy atom. The molecule has 7 heteroatoms. The van der Waals surface area contributed by atoms with Gasteiger partial charge in [-0.25, -0.2) is 4.79 Å². The average Bonchev–Trinajstić information content (AvgIpc) is 2.41. The Morgan fingerprint density at radius 1 is 1.30 bits per heavy atom. The number of carbonyl (C=O) groups is 1. The highest BCUT2D eigenvalue weighted by atomic mass is 16.5. The quantitative estimate of drug-likeness (QED) is 0.409. The van der Waals surface area contributed by atoms with Crippen molar-refractivity contribution in [2.75, 3.05) is 26.4 Å². The third kappa shape index (κ3) is 6.81. The minimum atomic E-state index is -0.516. The summed E-state index contributed by atoms with van der Waals surface area (Å²) in [6, 6.07) is 5.84. The van der Waals surface area contributed by atoms with Crippen molar-refractivity contribution < 1.29 is 24.5 Å². The van der Waals surface area contributed by atoms with E-state index in [4.69, 9.17) is 19.7 Å². The molecule has 0 aliphatic carbocycles. The highest BCUT2D eigenvalue weighted by Crippen LogP contribution is 2.16. The van der Waals surface area contributed by atoms with Gasteiger partial charge in [-0.15, -0.1) is 0 Å². The minimum absolute atomic E-state index is 0.0380. The Bertz CT molecular complexity index is 396. The van der Waals surface area contributed by atoms with E-state index < -0.39 is 6.23 Å². The average molecular weight is 284 g/mol. The smallest absolute Gasteiger partial charge is 0.317 e. The van der Waals surface area contributed by atoms with E-state index in [0.29, 0.717) is 18.9 Å². The summed E-state index contributed by atoms with van der Waals surface area (Å²) in [5.41, 5.74) is 0. The predicted octanol–water partition coefficient (Wildman–Crippen LogP) is 0.425. The van der Waals surface area contributed by atoms with E-state index in [2.05, 4.69) is 10.6 Å².